The van der Waals surface area contributed by atoms with Crippen LogP contribution in [0.15, 0.2) is 4.52 Å². The Bertz CT molecular complexity index is 345. The summed E-state index contributed by atoms with van der Waals surface area (Å²) in [7, 11) is 0. The van der Waals surface area contributed by atoms with Gasteiger partial charge in [0.15, 0.2) is 0 Å². The number of nitrogens with two attached hydrogens (primary N) is 1. The second-order valence-electron chi connectivity index (χ2n) is 4.16. The first-order chi connectivity index (χ1) is 8.33. The lowest BCUT2D eigenvalue weighted by atomic mass is 10.2. The zero-order valence-corrected chi connectivity index (χ0v) is 10.9. The Balaban J connectivity index is 1.85. The predicted molar refractivity (Wildman–Crippen MR) is 66.7 cm³/mol. The number of aromatic nitrogens is 2. The fourth-order valence-corrected chi connectivity index (χ4v) is 2.56. The number of thioether (sulfide) groups is 1. The van der Waals surface area contributed by atoms with Gasteiger partial charge in [-0.1, -0.05) is 12.1 Å². The van der Waals surface area contributed by atoms with Gasteiger partial charge in [-0.3, -0.25) is 0 Å². The summed E-state index contributed by atoms with van der Waals surface area (Å²) in [5.41, 5.74) is 5.57. The molecule has 0 spiro atoms. The summed E-state index contributed by atoms with van der Waals surface area (Å²) >= 11 is 1.81. The van der Waals surface area contributed by atoms with E-state index in [-0.39, 0.29) is 12.2 Å². The third-order valence-corrected chi connectivity index (χ3v) is 3.86. The standard InChI is InChI=1S/C11H19N3O2S/c1-2-5-17-7-10-13-11(14-16-10)9-4-3-8(6-12)15-9/h8-9H,2-7,12H2,1H3. The highest BCUT2D eigenvalue weighted by molar-refractivity contribution is 7.98. The van der Waals surface area contributed by atoms with Crippen molar-refractivity contribution >= 4 is 11.8 Å². The van der Waals surface area contributed by atoms with Crippen molar-refractivity contribution in [3.05, 3.63) is 11.7 Å². The maximum absolute atomic E-state index is 5.72. The fourth-order valence-electron chi connectivity index (χ4n) is 1.83. The SMILES string of the molecule is CCCSCc1nc(C2CCC(CN)O2)no1. The molecule has 17 heavy (non-hydrogen) atoms. The summed E-state index contributed by atoms with van der Waals surface area (Å²) in [4.78, 5) is 4.37. The van der Waals surface area contributed by atoms with Gasteiger partial charge < -0.3 is 15.0 Å². The summed E-state index contributed by atoms with van der Waals surface area (Å²) < 4.78 is 10.9. The normalized spacial score (nSPS) is 24.4. The van der Waals surface area contributed by atoms with Gasteiger partial charge in [-0.25, -0.2) is 0 Å². The van der Waals surface area contributed by atoms with Crippen LogP contribution in [-0.2, 0) is 10.5 Å². The van der Waals surface area contributed by atoms with E-state index in [1.807, 2.05) is 11.8 Å². The summed E-state index contributed by atoms with van der Waals surface area (Å²) in [5, 5.41) is 3.98. The van der Waals surface area contributed by atoms with Gasteiger partial charge in [0, 0.05) is 6.54 Å². The highest BCUT2D eigenvalue weighted by Gasteiger charge is 2.29. The van der Waals surface area contributed by atoms with Gasteiger partial charge in [0.25, 0.3) is 0 Å². The second-order valence-corrected chi connectivity index (χ2v) is 5.26. The number of hydrogen-bond donors (Lipinski definition) is 1. The lowest BCUT2D eigenvalue weighted by Crippen LogP contribution is -2.19. The van der Waals surface area contributed by atoms with Crippen LogP contribution in [0.2, 0.25) is 0 Å². The molecule has 5 nitrogen and oxygen atoms in total. The van der Waals surface area contributed by atoms with E-state index in [4.69, 9.17) is 15.0 Å². The molecule has 1 saturated heterocycles. The minimum atomic E-state index is -0.0303. The Morgan fingerprint density at radius 2 is 2.35 bits per heavy atom. The molecular formula is C11H19N3O2S. The van der Waals surface area contributed by atoms with Gasteiger partial charge >= 0.3 is 0 Å². The zero-order chi connectivity index (χ0) is 12.1. The number of nitrogens with zero attached hydrogens (tertiary/aromatic N) is 2. The quantitative estimate of drug-likeness (QED) is 0.784. The maximum atomic E-state index is 5.72. The van der Waals surface area contributed by atoms with E-state index < -0.39 is 0 Å². The first-order valence-electron chi connectivity index (χ1n) is 6.09. The van der Waals surface area contributed by atoms with Crippen LogP contribution in [-0.4, -0.2) is 28.5 Å². The van der Waals surface area contributed by atoms with E-state index in [1.54, 1.807) is 0 Å². The predicted octanol–water partition coefficient (Wildman–Crippen LogP) is 1.89. The molecule has 6 heteroatoms. The molecule has 1 aromatic heterocycles. The Morgan fingerprint density at radius 3 is 3.06 bits per heavy atom. The second kappa shape index (κ2) is 6.37. The van der Waals surface area contributed by atoms with E-state index in [1.165, 1.54) is 0 Å². The number of ether oxygens (including phenoxy) is 1. The van der Waals surface area contributed by atoms with Crippen molar-refractivity contribution in [2.75, 3.05) is 12.3 Å². The van der Waals surface area contributed by atoms with Crippen LogP contribution >= 0.6 is 11.8 Å². The third kappa shape index (κ3) is 3.43. The first kappa shape index (κ1) is 12.9. The number of hydrogen-bond acceptors (Lipinski definition) is 6. The minimum absolute atomic E-state index is 0.0303. The fraction of sp³-hybridized carbons (Fsp3) is 0.818. The highest BCUT2D eigenvalue weighted by Crippen LogP contribution is 2.30. The molecule has 0 radical (unpaired) electrons. The summed E-state index contributed by atoms with van der Waals surface area (Å²) in [6.07, 6.45) is 3.20. The van der Waals surface area contributed by atoms with Gasteiger partial charge in [-0.15, -0.1) is 0 Å². The van der Waals surface area contributed by atoms with Crippen LogP contribution in [0.1, 0.15) is 44.0 Å². The van der Waals surface area contributed by atoms with Gasteiger partial charge in [-0.05, 0) is 25.0 Å². The third-order valence-electron chi connectivity index (χ3n) is 2.72. The average Bonchev–Trinajstić information content (AvgIpc) is 2.97. The molecule has 0 amide bonds. The summed E-state index contributed by atoms with van der Waals surface area (Å²) in [6.45, 7) is 2.72. The van der Waals surface area contributed by atoms with E-state index >= 15 is 0 Å². The summed E-state index contributed by atoms with van der Waals surface area (Å²) in [6, 6.07) is 0. The number of rotatable bonds is 6. The molecule has 2 atom stereocenters. The van der Waals surface area contributed by atoms with Gasteiger partial charge in [0.2, 0.25) is 11.7 Å². The van der Waals surface area contributed by atoms with Crippen molar-refractivity contribution < 1.29 is 9.26 Å². The average molecular weight is 257 g/mol. The van der Waals surface area contributed by atoms with E-state index in [0.717, 1.165) is 30.8 Å². The summed E-state index contributed by atoms with van der Waals surface area (Å²) in [5.74, 6) is 3.27. The van der Waals surface area contributed by atoms with Crippen LogP contribution in [0.25, 0.3) is 0 Å². The van der Waals surface area contributed by atoms with Crippen molar-refractivity contribution in [2.45, 2.75) is 44.1 Å². The molecule has 1 fully saturated rings. The van der Waals surface area contributed by atoms with Crippen LogP contribution in [0.5, 0.6) is 0 Å². The van der Waals surface area contributed by atoms with Crippen LogP contribution in [0.4, 0.5) is 0 Å². The van der Waals surface area contributed by atoms with Crippen LogP contribution in [0.3, 0.4) is 0 Å². The molecule has 0 bridgehead atoms. The van der Waals surface area contributed by atoms with Crippen molar-refractivity contribution in [2.24, 2.45) is 5.73 Å². The molecule has 1 aromatic rings. The van der Waals surface area contributed by atoms with Crippen molar-refractivity contribution in [3.8, 4) is 0 Å². The molecular weight excluding hydrogens is 238 g/mol. The van der Waals surface area contributed by atoms with Crippen molar-refractivity contribution in [1.82, 2.24) is 10.1 Å². The van der Waals surface area contributed by atoms with E-state index in [2.05, 4.69) is 17.1 Å². The largest absolute Gasteiger partial charge is 0.366 e. The molecule has 96 valence electrons. The molecule has 2 N–H and O–H groups in total. The Labute approximate surface area is 105 Å². The Kier molecular flexibility index (Phi) is 4.82. The highest BCUT2D eigenvalue weighted by atomic mass is 32.2. The van der Waals surface area contributed by atoms with E-state index in [9.17, 15) is 0 Å². The smallest absolute Gasteiger partial charge is 0.236 e. The molecule has 0 aliphatic carbocycles. The van der Waals surface area contributed by atoms with Crippen LogP contribution in [0, 0.1) is 0 Å². The Morgan fingerprint density at radius 1 is 1.47 bits per heavy atom. The molecule has 0 saturated carbocycles. The van der Waals surface area contributed by atoms with Crippen LogP contribution < -0.4 is 5.73 Å². The maximum Gasteiger partial charge on any atom is 0.236 e. The van der Waals surface area contributed by atoms with Crippen molar-refractivity contribution in [3.63, 3.8) is 0 Å². The van der Waals surface area contributed by atoms with Crippen molar-refractivity contribution in [1.29, 1.82) is 0 Å². The van der Waals surface area contributed by atoms with Gasteiger partial charge in [0.1, 0.15) is 6.10 Å². The first-order valence-corrected chi connectivity index (χ1v) is 7.24. The topological polar surface area (TPSA) is 74.2 Å². The zero-order valence-electron chi connectivity index (χ0n) is 10.1. The molecule has 0 aromatic carbocycles. The molecule has 2 heterocycles. The Hall–Kier alpha value is -0.590. The molecule has 2 unspecified atom stereocenters. The van der Waals surface area contributed by atoms with Gasteiger partial charge in [0.05, 0.1) is 11.9 Å². The lowest BCUT2D eigenvalue weighted by molar-refractivity contribution is 0.0435. The molecule has 2 rings (SSSR count). The van der Waals surface area contributed by atoms with E-state index in [0.29, 0.717) is 18.3 Å². The molecule has 1 aliphatic heterocycles. The van der Waals surface area contributed by atoms with Gasteiger partial charge in [-0.2, -0.15) is 16.7 Å². The monoisotopic (exact) mass is 257 g/mol. The molecule has 1 aliphatic rings. The lowest BCUT2D eigenvalue weighted by Gasteiger charge is -2.07. The minimum Gasteiger partial charge on any atom is -0.366 e.